The number of aromatic nitrogens is 1. The topological polar surface area (TPSA) is 85.1 Å². The number of nitrogens with two attached hydrogens (primary N) is 1. The van der Waals surface area contributed by atoms with Crippen LogP contribution in [-0.2, 0) is 4.79 Å². The third-order valence-corrected chi connectivity index (χ3v) is 2.90. The zero-order valence-corrected chi connectivity index (χ0v) is 10.3. The number of carbonyl (C=O) groups excluding carboxylic acids is 2. The molecule has 9 heteroatoms. The zero-order chi connectivity index (χ0) is 14.1. The van der Waals surface area contributed by atoms with Crippen LogP contribution in [0, 0.1) is 0 Å². The van der Waals surface area contributed by atoms with Gasteiger partial charge in [0.15, 0.2) is 16.5 Å². The molecule has 0 aliphatic heterocycles. The standard InChI is InChI=1S/C9H10F3N3O2S/c1-4(16)5-3-18-7(14-5)15-6(17)8(2,13)9(10,11)12/h3H,13H2,1-2H3,(H,14,15,17). The Balaban J connectivity index is 2.85. The first-order chi connectivity index (χ1) is 8.05. The van der Waals surface area contributed by atoms with Gasteiger partial charge >= 0.3 is 6.18 Å². The van der Waals surface area contributed by atoms with Gasteiger partial charge in [0.2, 0.25) is 0 Å². The van der Waals surface area contributed by atoms with Gasteiger partial charge in [-0.3, -0.25) is 9.59 Å². The van der Waals surface area contributed by atoms with Crippen molar-refractivity contribution in [2.45, 2.75) is 25.6 Å². The van der Waals surface area contributed by atoms with Crippen molar-refractivity contribution in [1.82, 2.24) is 4.98 Å². The smallest absolute Gasteiger partial charge is 0.310 e. The number of hydrogen-bond donors (Lipinski definition) is 2. The lowest BCUT2D eigenvalue weighted by Crippen LogP contribution is -2.59. The van der Waals surface area contributed by atoms with Crippen LogP contribution in [0.15, 0.2) is 5.38 Å². The largest absolute Gasteiger partial charge is 0.415 e. The molecule has 1 rings (SSSR count). The summed E-state index contributed by atoms with van der Waals surface area (Å²) < 4.78 is 37.4. The van der Waals surface area contributed by atoms with Crippen molar-refractivity contribution in [2.24, 2.45) is 5.73 Å². The summed E-state index contributed by atoms with van der Waals surface area (Å²) in [6, 6.07) is 0. The molecular weight excluding hydrogens is 271 g/mol. The minimum atomic E-state index is -4.88. The summed E-state index contributed by atoms with van der Waals surface area (Å²) in [6.07, 6.45) is -4.88. The number of nitrogens with zero attached hydrogens (tertiary/aromatic N) is 1. The van der Waals surface area contributed by atoms with Gasteiger partial charge in [-0.2, -0.15) is 13.2 Å². The van der Waals surface area contributed by atoms with Gasteiger partial charge in [0, 0.05) is 12.3 Å². The highest BCUT2D eigenvalue weighted by atomic mass is 32.1. The maximum absolute atomic E-state index is 12.5. The molecule has 1 heterocycles. The van der Waals surface area contributed by atoms with E-state index in [0.29, 0.717) is 6.92 Å². The van der Waals surface area contributed by atoms with E-state index < -0.39 is 17.6 Å². The van der Waals surface area contributed by atoms with Crippen molar-refractivity contribution < 1.29 is 22.8 Å². The Kier molecular flexibility index (Phi) is 3.77. The Hall–Kier alpha value is -1.48. The summed E-state index contributed by atoms with van der Waals surface area (Å²) in [5.41, 5.74) is 1.98. The molecule has 1 unspecified atom stereocenters. The second-order valence-corrected chi connectivity index (χ2v) is 4.61. The molecule has 1 aromatic rings. The number of nitrogens with one attached hydrogen (secondary N) is 1. The van der Waals surface area contributed by atoms with Crippen LogP contribution in [0.3, 0.4) is 0 Å². The summed E-state index contributed by atoms with van der Waals surface area (Å²) >= 11 is 0.846. The molecule has 1 amide bonds. The van der Waals surface area contributed by atoms with Crippen molar-refractivity contribution in [1.29, 1.82) is 0 Å². The van der Waals surface area contributed by atoms with Crippen LogP contribution in [0.1, 0.15) is 24.3 Å². The summed E-state index contributed by atoms with van der Waals surface area (Å²) in [6.45, 7) is 1.81. The predicted molar refractivity (Wildman–Crippen MR) is 59.4 cm³/mol. The Morgan fingerprint density at radius 1 is 1.44 bits per heavy atom. The number of hydrogen-bond acceptors (Lipinski definition) is 5. The number of alkyl halides is 3. The van der Waals surface area contributed by atoms with Crippen molar-refractivity contribution >= 4 is 28.2 Å². The molecule has 0 saturated carbocycles. The van der Waals surface area contributed by atoms with Crippen molar-refractivity contribution in [3.63, 3.8) is 0 Å². The Morgan fingerprint density at radius 2 is 2.00 bits per heavy atom. The van der Waals surface area contributed by atoms with Crippen LogP contribution in [-0.4, -0.2) is 28.4 Å². The van der Waals surface area contributed by atoms with E-state index in [1.54, 1.807) is 0 Å². The number of halogens is 3. The molecule has 18 heavy (non-hydrogen) atoms. The van der Waals surface area contributed by atoms with Crippen LogP contribution in [0.25, 0.3) is 0 Å². The molecule has 0 aliphatic rings. The fourth-order valence-corrected chi connectivity index (χ4v) is 1.59. The number of amides is 1. The van der Waals surface area contributed by atoms with Gasteiger partial charge in [-0.25, -0.2) is 4.98 Å². The maximum atomic E-state index is 12.5. The van der Waals surface area contributed by atoms with Gasteiger partial charge in [-0.05, 0) is 6.92 Å². The Morgan fingerprint density at radius 3 is 2.39 bits per heavy atom. The Bertz CT molecular complexity index is 482. The highest BCUT2D eigenvalue weighted by molar-refractivity contribution is 7.14. The van der Waals surface area contributed by atoms with Gasteiger partial charge in [-0.15, -0.1) is 11.3 Å². The number of ketones is 1. The van der Waals surface area contributed by atoms with E-state index in [9.17, 15) is 22.8 Å². The van der Waals surface area contributed by atoms with E-state index in [-0.39, 0.29) is 16.6 Å². The highest BCUT2D eigenvalue weighted by Crippen LogP contribution is 2.29. The fraction of sp³-hybridized carbons (Fsp3) is 0.444. The van der Waals surface area contributed by atoms with Crippen LogP contribution >= 0.6 is 11.3 Å². The van der Waals surface area contributed by atoms with Gasteiger partial charge in [-0.1, -0.05) is 0 Å². The minimum absolute atomic E-state index is 0.0704. The van der Waals surface area contributed by atoms with Crippen molar-refractivity contribution in [3.05, 3.63) is 11.1 Å². The number of carbonyl (C=O) groups is 2. The van der Waals surface area contributed by atoms with E-state index in [1.807, 2.05) is 5.32 Å². The first-order valence-corrected chi connectivity index (χ1v) is 5.57. The molecule has 0 bridgehead atoms. The normalized spacial score (nSPS) is 15.0. The second-order valence-electron chi connectivity index (χ2n) is 3.75. The molecule has 3 N–H and O–H groups in total. The second kappa shape index (κ2) is 4.65. The van der Waals surface area contributed by atoms with E-state index in [2.05, 4.69) is 4.98 Å². The van der Waals surface area contributed by atoms with Crippen molar-refractivity contribution in [2.75, 3.05) is 5.32 Å². The first-order valence-electron chi connectivity index (χ1n) is 4.69. The SMILES string of the molecule is CC(=O)c1csc(NC(=O)C(C)(N)C(F)(F)F)n1. The predicted octanol–water partition coefficient (Wildman–Crippen LogP) is 1.56. The molecule has 0 aliphatic carbocycles. The minimum Gasteiger partial charge on any atom is -0.310 e. The average molecular weight is 281 g/mol. The summed E-state index contributed by atoms with van der Waals surface area (Å²) in [5.74, 6) is -1.78. The third-order valence-electron chi connectivity index (χ3n) is 2.15. The summed E-state index contributed by atoms with van der Waals surface area (Å²) in [4.78, 5) is 26.0. The molecular formula is C9H10F3N3O2S. The van der Waals surface area contributed by atoms with E-state index in [0.717, 1.165) is 11.3 Å². The molecule has 0 fully saturated rings. The lowest BCUT2D eigenvalue weighted by Gasteiger charge is -2.25. The number of thiazole rings is 1. The molecule has 0 radical (unpaired) electrons. The molecule has 100 valence electrons. The van der Waals surface area contributed by atoms with Gasteiger partial charge in [0.05, 0.1) is 0 Å². The van der Waals surface area contributed by atoms with Crippen molar-refractivity contribution in [3.8, 4) is 0 Å². The lowest BCUT2D eigenvalue weighted by molar-refractivity contribution is -0.184. The molecule has 0 spiro atoms. The van der Waals surface area contributed by atoms with Gasteiger partial charge in [0.1, 0.15) is 5.69 Å². The number of anilines is 1. The first kappa shape index (κ1) is 14.6. The number of Topliss-reactive ketones (excluding diaryl/α,β-unsaturated/α-hetero) is 1. The quantitative estimate of drug-likeness (QED) is 0.823. The maximum Gasteiger partial charge on any atom is 0.415 e. The fourth-order valence-electron chi connectivity index (χ4n) is 0.849. The third kappa shape index (κ3) is 2.85. The molecule has 0 aromatic carbocycles. The highest BCUT2D eigenvalue weighted by Gasteiger charge is 2.54. The van der Waals surface area contributed by atoms with Gasteiger partial charge in [0.25, 0.3) is 5.91 Å². The van der Waals surface area contributed by atoms with E-state index in [1.165, 1.54) is 12.3 Å². The molecule has 0 saturated heterocycles. The van der Waals surface area contributed by atoms with Crippen LogP contribution in [0.2, 0.25) is 0 Å². The zero-order valence-electron chi connectivity index (χ0n) is 9.46. The monoisotopic (exact) mass is 281 g/mol. The van der Waals surface area contributed by atoms with Crippen LogP contribution < -0.4 is 11.1 Å². The van der Waals surface area contributed by atoms with E-state index in [4.69, 9.17) is 5.73 Å². The molecule has 1 aromatic heterocycles. The van der Waals surface area contributed by atoms with Gasteiger partial charge < -0.3 is 11.1 Å². The number of rotatable bonds is 3. The molecule has 1 atom stereocenters. The summed E-state index contributed by atoms with van der Waals surface area (Å²) in [7, 11) is 0. The Labute approximate surface area is 104 Å². The lowest BCUT2D eigenvalue weighted by atomic mass is 10.0. The average Bonchev–Trinajstić information content (AvgIpc) is 2.64. The summed E-state index contributed by atoms with van der Waals surface area (Å²) in [5, 5.41) is 3.16. The van der Waals surface area contributed by atoms with E-state index >= 15 is 0 Å². The van der Waals surface area contributed by atoms with Crippen LogP contribution in [0.4, 0.5) is 18.3 Å². The van der Waals surface area contributed by atoms with Crippen LogP contribution in [0.5, 0.6) is 0 Å². The molecule has 5 nitrogen and oxygen atoms in total.